The van der Waals surface area contributed by atoms with Gasteiger partial charge in [-0.1, -0.05) is 41.9 Å². The molecule has 4 nitrogen and oxygen atoms in total. The number of halogens is 2. The van der Waals surface area contributed by atoms with Gasteiger partial charge >= 0.3 is 0 Å². The summed E-state index contributed by atoms with van der Waals surface area (Å²) in [5.74, 6) is -1.23. The van der Waals surface area contributed by atoms with E-state index in [9.17, 15) is 14.0 Å². The zero-order valence-electron chi connectivity index (χ0n) is 13.1. The third-order valence-electron chi connectivity index (χ3n) is 3.69. The minimum absolute atomic E-state index is 0.0217. The van der Waals surface area contributed by atoms with Crippen LogP contribution in [0.15, 0.2) is 71.7 Å². The topological polar surface area (TPSA) is 51.1 Å². The quantitative estimate of drug-likeness (QED) is 0.769. The van der Waals surface area contributed by atoms with Crippen LogP contribution in [0.2, 0.25) is 5.02 Å². The Balaban J connectivity index is 1.88. The molecule has 0 spiro atoms. The van der Waals surface area contributed by atoms with Gasteiger partial charge in [0.1, 0.15) is 11.4 Å². The Kier molecular flexibility index (Phi) is 4.95. The standard InChI is InChI=1S/C19H14ClFN2O2/c20-15-8-2-1-6-13(15)12-23-11-5-7-14(19(23)25)18(24)22-17-10-4-3-9-16(17)21/h1-11H,12H2,(H,22,24). The highest BCUT2D eigenvalue weighted by Gasteiger charge is 2.14. The van der Waals surface area contributed by atoms with Gasteiger partial charge in [0.25, 0.3) is 11.5 Å². The Morgan fingerprint density at radius 2 is 1.76 bits per heavy atom. The van der Waals surface area contributed by atoms with Crippen LogP contribution in [0.5, 0.6) is 0 Å². The zero-order valence-corrected chi connectivity index (χ0v) is 13.8. The number of benzene rings is 2. The molecule has 6 heteroatoms. The van der Waals surface area contributed by atoms with Crippen molar-refractivity contribution in [3.05, 3.63) is 99.2 Å². The van der Waals surface area contributed by atoms with Gasteiger partial charge in [-0.3, -0.25) is 9.59 Å². The first-order valence-corrected chi connectivity index (χ1v) is 7.93. The van der Waals surface area contributed by atoms with E-state index in [4.69, 9.17) is 11.6 Å². The summed E-state index contributed by atoms with van der Waals surface area (Å²) in [6, 6.07) is 15.9. The second-order valence-electron chi connectivity index (χ2n) is 5.38. The lowest BCUT2D eigenvalue weighted by atomic mass is 10.2. The number of anilines is 1. The number of hydrogen-bond donors (Lipinski definition) is 1. The fraction of sp³-hybridized carbons (Fsp3) is 0.0526. The Labute approximate surface area is 148 Å². The molecule has 1 heterocycles. The van der Waals surface area contributed by atoms with Crippen LogP contribution in [0.3, 0.4) is 0 Å². The van der Waals surface area contributed by atoms with E-state index in [1.165, 1.54) is 28.8 Å². The van der Waals surface area contributed by atoms with Crippen molar-refractivity contribution in [2.45, 2.75) is 6.54 Å². The van der Waals surface area contributed by atoms with Crippen molar-refractivity contribution >= 4 is 23.2 Å². The van der Waals surface area contributed by atoms with Gasteiger partial charge in [0, 0.05) is 11.2 Å². The van der Waals surface area contributed by atoms with Gasteiger partial charge in [0.05, 0.1) is 12.2 Å². The Morgan fingerprint density at radius 1 is 1.04 bits per heavy atom. The maximum atomic E-state index is 13.7. The van der Waals surface area contributed by atoms with Gasteiger partial charge in [-0.25, -0.2) is 4.39 Å². The van der Waals surface area contributed by atoms with Gasteiger partial charge < -0.3 is 9.88 Å². The van der Waals surface area contributed by atoms with Crippen molar-refractivity contribution in [2.24, 2.45) is 0 Å². The van der Waals surface area contributed by atoms with E-state index in [2.05, 4.69) is 5.32 Å². The number of carbonyl (C=O) groups is 1. The Morgan fingerprint density at radius 3 is 2.52 bits per heavy atom. The maximum absolute atomic E-state index is 13.7. The van der Waals surface area contributed by atoms with Crippen LogP contribution >= 0.6 is 11.6 Å². The highest BCUT2D eigenvalue weighted by molar-refractivity contribution is 6.31. The van der Waals surface area contributed by atoms with Crippen molar-refractivity contribution in [1.82, 2.24) is 4.57 Å². The summed E-state index contributed by atoms with van der Waals surface area (Å²) in [6.45, 7) is 0.235. The predicted octanol–water partition coefficient (Wildman–Crippen LogP) is 3.94. The minimum atomic E-state index is -0.663. The normalized spacial score (nSPS) is 10.5. The summed E-state index contributed by atoms with van der Waals surface area (Å²) in [5.41, 5.74) is 0.236. The van der Waals surface area contributed by atoms with Crippen molar-refractivity contribution in [2.75, 3.05) is 5.32 Å². The molecule has 0 fully saturated rings. The largest absolute Gasteiger partial charge is 0.319 e. The van der Waals surface area contributed by atoms with Gasteiger partial charge in [0.2, 0.25) is 0 Å². The number of nitrogens with one attached hydrogen (secondary N) is 1. The van der Waals surface area contributed by atoms with Crippen molar-refractivity contribution in [1.29, 1.82) is 0 Å². The molecule has 126 valence electrons. The van der Waals surface area contributed by atoms with Crippen molar-refractivity contribution < 1.29 is 9.18 Å². The predicted molar refractivity (Wildman–Crippen MR) is 95.6 cm³/mol. The molecule has 0 aliphatic rings. The van der Waals surface area contributed by atoms with Gasteiger partial charge in [-0.2, -0.15) is 0 Å². The van der Waals surface area contributed by atoms with Gasteiger partial charge in [0.15, 0.2) is 0 Å². The van der Waals surface area contributed by atoms with Crippen molar-refractivity contribution in [3.8, 4) is 0 Å². The van der Waals surface area contributed by atoms with Crippen LogP contribution in [-0.2, 0) is 6.54 Å². The smallest absolute Gasteiger partial charge is 0.263 e. The number of carbonyl (C=O) groups excluding carboxylic acids is 1. The highest BCUT2D eigenvalue weighted by atomic mass is 35.5. The molecule has 1 amide bonds. The maximum Gasteiger partial charge on any atom is 0.263 e. The molecule has 0 radical (unpaired) electrons. The monoisotopic (exact) mass is 356 g/mol. The van der Waals surface area contributed by atoms with E-state index in [1.54, 1.807) is 36.5 Å². The number of aromatic nitrogens is 1. The lowest BCUT2D eigenvalue weighted by Crippen LogP contribution is -2.29. The number of para-hydroxylation sites is 1. The molecule has 0 saturated carbocycles. The second-order valence-corrected chi connectivity index (χ2v) is 5.79. The molecular weight excluding hydrogens is 343 g/mol. The van der Waals surface area contributed by atoms with Crippen LogP contribution in [-0.4, -0.2) is 10.5 Å². The summed E-state index contributed by atoms with van der Waals surface area (Å²) < 4.78 is 15.1. The molecule has 2 aromatic carbocycles. The first-order valence-electron chi connectivity index (χ1n) is 7.55. The number of hydrogen-bond acceptors (Lipinski definition) is 2. The number of amides is 1. The molecule has 0 atom stereocenters. The van der Waals surface area contributed by atoms with Gasteiger partial charge in [-0.15, -0.1) is 0 Å². The Bertz CT molecular complexity index is 985. The average molecular weight is 357 g/mol. The first kappa shape index (κ1) is 16.9. The SMILES string of the molecule is O=C(Nc1ccccc1F)c1cccn(Cc2ccccc2Cl)c1=O. The van der Waals surface area contributed by atoms with Gasteiger partial charge in [-0.05, 0) is 35.9 Å². The third-order valence-corrected chi connectivity index (χ3v) is 4.05. The summed E-state index contributed by atoms with van der Waals surface area (Å²) in [6.07, 6.45) is 1.57. The molecule has 3 rings (SSSR count). The van der Waals surface area contributed by atoms with E-state index < -0.39 is 17.3 Å². The number of rotatable bonds is 4. The van der Waals surface area contributed by atoms with Crippen LogP contribution in [0.1, 0.15) is 15.9 Å². The van der Waals surface area contributed by atoms with E-state index in [0.717, 1.165) is 5.56 Å². The van der Waals surface area contributed by atoms with Crippen molar-refractivity contribution in [3.63, 3.8) is 0 Å². The third kappa shape index (κ3) is 3.78. The summed E-state index contributed by atoms with van der Waals surface area (Å²) >= 11 is 6.12. The van der Waals surface area contributed by atoms with Crippen LogP contribution < -0.4 is 10.9 Å². The summed E-state index contributed by atoms with van der Waals surface area (Å²) in [5, 5.41) is 2.95. The minimum Gasteiger partial charge on any atom is -0.319 e. The van der Waals surface area contributed by atoms with Crippen LogP contribution in [0.25, 0.3) is 0 Å². The molecule has 0 saturated heterocycles. The number of pyridine rings is 1. The highest BCUT2D eigenvalue weighted by Crippen LogP contribution is 2.16. The zero-order chi connectivity index (χ0) is 17.8. The molecular formula is C19H14ClFN2O2. The molecule has 0 aliphatic heterocycles. The molecule has 3 aromatic rings. The fourth-order valence-corrected chi connectivity index (χ4v) is 2.59. The summed E-state index contributed by atoms with van der Waals surface area (Å²) in [4.78, 5) is 24.9. The first-order chi connectivity index (χ1) is 12.1. The lowest BCUT2D eigenvalue weighted by molar-refractivity contribution is 0.102. The second kappa shape index (κ2) is 7.32. The molecule has 0 bridgehead atoms. The average Bonchev–Trinajstić information content (AvgIpc) is 2.60. The molecule has 0 unspecified atom stereocenters. The van der Waals surface area contributed by atoms with E-state index in [1.807, 2.05) is 6.07 Å². The molecule has 25 heavy (non-hydrogen) atoms. The number of nitrogens with zero attached hydrogens (tertiary/aromatic N) is 1. The Hall–Kier alpha value is -2.92. The van der Waals surface area contributed by atoms with Crippen LogP contribution in [0.4, 0.5) is 10.1 Å². The molecule has 1 N–H and O–H groups in total. The van der Waals surface area contributed by atoms with Crippen LogP contribution in [0, 0.1) is 5.82 Å². The fourth-order valence-electron chi connectivity index (χ4n) is 2.40. The molecule has 1 aromatic heterocycles. The summed E-state index contributed by atoms with van der Waals surface area (Å²) in [7, 11) is 0. The molecule has 0 aliphatic carbocycles. The lowest BCUT2D eigenvalue weighted by Gasteiger charge is -2.10. The van der Waals surface area contributed by atoms with E-state index >= 15 is 0 Å². The van der Waals surface area contributed by atoms with E-state index in [0.29, 0.717) is 5.02 Å². The van der Waals surface area contributed by atoms with E-state index in [-0.39, 0.29) is 17.8 Å².